The largest absolute Gasteiger partial charge is 0.481 e. The molecule has 0 atom stereocenters. The molecular weight excluding hydrogens is 258 g/mol. The minimum absolute atomic E-state index is 0.0718. The van der Waals surface area contributed by atoms with Crippen LogP contribution in [0, 0.1) is 0 Å². The first-order valence-electron chi connectivity index (χ1n) is 6.44. The van der Waals surface area contributed by atoms with Crippen molar-refractivity contribution in [1.82, 2.24) is 15.6 Å². The Morgan fingerprint density at radius 2 is 1.95 bits per heavy atom. The summed E-state index contributed by atoms with van der Waals surface area (Å²) in [5.74, 6) is -0.926. The van der Waals surface area contributed by atoms with Gasteiger partial charge in [-0.3, -0.25) is 4.79 Å². The smallest absolute Gasteiger partial charge is 0.314 e. The number of aromatic amines is 1. The van der Waals surface area contributed by atoms with Crippen molar-refractivity contribution in [3.05, 3.63) is 36.0 Å². The Morgan fingerprint density at radius 3 is 2.75 bits per heavy atom. The minimum atomic E-state index is -0.926. The highest BCUT2D eigenvalue weighted by Crippen LogP contribution is 2.14. The maximum Gasteiger partial charge on any atom is 0.314 e. The molecule has 0 aliphatic heterocycles. The van der Waals surface area contributed by atoms with Gasteiger partial charge in [0.25, 0.3) is 0 Å². The zero-order valence-electron chi connectivity index (χ0n) is 11.0. The quantitative estimate of drug-likeness (QED) is 0.643. The molecule has 1 heterocycles. The fourth-order valence-electron chi connectivity index (χ4n) is 1.92. The first-order chi connectivity index (χ1) is 9.65. The lowest BCUT2D eigenvalue weighted by Gasteiger charge is -2.06. The van der Waals surface area contributed by atoms with Crippen molar-refractivity contribution in [3.63, 3.8) is 0 Å². The van der Waals surface area contributed by atoms with Crippen LogP contribution in [-0.2, 0) is 11.2 Å². The molecule has 0 aliphatic carbocycles. The number of benzene rings is 1. The molecule has 0 saturated carbocycles. The standard InChI is InChI=1S/C14H17N3O3/c18-13(19)5-8-17-14(20)16-6-3-10-1-2-12-11(9-10)4-7-15-12/h1-2,4,7,9,15H,3,5-6,8H2,(H,18,19)(H2,16,17,20). The van der Waals surface area contributed by atoms with Crippen molar-refractivity contribution >= 4 is 22.9 Å². The van der Waals surface area contributed by atoms with Crippen molar-refractivity contribution in [2.45, 2.75) is 12.8 Å². The summed E-state index contributed by atoms with van der Waals surface area (Å²) < 4.78 is 0. The average Bonchev–Trinajstić information content (AvgIpc) is 2.85. The predicted octanol–water partition coefficient (Wildman–Crippen LogP) is 1.48. The highest BCUT2D eigenvalue weighted by molar-refractivity contribution is 5.80. The van der Waals surface area contributed by atoms with E-state index >= 15 is 0 Å². The number of carbonyl (C=O) groups is 2. The van der Waals surface area contributed by atoms with Crippen molar-refractivity contribution in [3.8, 4) is 0 Å². The Morgan fingerprint density at radius 1 is 1.15 bits per heavy atom. The van der Waals surface area contributed by atoms with Gasteiger partial charge in [0.1, 0.15) is 0 Å². The molecule has 0 fully saturated rings. The zero-order chi connectivity index (χ0) is 14.4. The molecule has 6 heteroatoms. The number of H-pyrrole nitrogens is 1. The fraction of sp³-hybridized carbons (Fsp3) is 0.286. The minimum Gasteiger partial charge on any atom is -0.481 e. The van der Waals surface area contributed by atoms with Crippen molar-refractivity contribution in [1.29, 1.82) is 0 Å². The number of aliphatic carboxylic acids is 1. The third-order valence-corrected chi connectivity index (χ3v) is 2.94. The van der Waals surface area contributed by atoms with Crippen LogP contribution in [0.3, 0.4) is 0 Å². The number of fused-ring (bicyclic) bond motifs is 1. The number of nitrogens with one attached hydrogen (secondary N) is 3. The number of carbonyl (C=O) groups excluding carboxylic acids is 1. The predicted molar refractivity (Wildman–Crippen MR) is 75.7 cm³/mol. The van der Waals surface area contributed by atoms with Crippen LogP contribution in [0.1, 0.15) is 12.0 Å². The summed E-state index contributed by atoms with van der Waals surface area (Å²) in [5, 5.41) is 14.8. The molecule has 2 rings (SSSR count). The molecule has 0 unspecified atom stereocenters. The molecule has 106 valence electrons. The van der Waals surface area contributed by atoms with Crippen LogP contribution < -0.4 is 10.6 Å². The van der Waals surface area contributed by atoms with Crippen molar-refractivity contribution < 1.29 is 14.7 Å². The Bertz CT molecular complexity index is 606. The molecule has 0 aliphatic rings. The van der Waals surface area contributed by atoms with Gasteiger partial charge in [-0.25, -0.2) is 4.79 Å². The van der Waals surface area contributed by atoms with E-state index in [0.29, 0.717) is 6.54 Å². The summed E-state index contributed by atoms with van der Waals surface area (Å²) >= 11 is 0. The maximum atomic E-state index is 11.4. The van der Waals surface area contributed by atoms with E-state index in [4.69, 9.17) is 5.11 Å². The van der Waals surface area contributed by atoms with Crippen LogP contribution in [0.2, 0.25) is 0 Å². The molecule has 1 aromatic carbocycles. The molecular formula is C14H17N3O3. The summed E-state index contributed by atoms with van der Waals surface area (Å²) in [6.07, 6.45) is 2.55. The van der Waals surface area contributed by atoms with E-state index in [-0.39, 0.29) is 19.0 Å². The zero-order valence-corrected chi connectivity index (χ0v) is 11.0. The lowest BCUT2D eigenvalue weighted by atomic mass is 10.1. The monoisotopic (exact) mass is 275 g/mol. The number of hydrogen-bond donors (Lipinski definition) is 4. The van der Waals surface area contributed by atoms with Gasteiger partial charge in [0, 0.05) is 24.8 Å². The number of hydrogen-bond acceptors (Lipinski definition) is 2. The van der Waals surface area contributed by atoms with E-state index in [1.54, 1.807) is 0 Å². The van der Waals surface area contributed by atoms with Crippen LogP contribution in [0.5, 0.6) is 0 Å². The summed E-state index contributed by atoms with van der Waals surface area (Å²) in [6.45, 7) is 0.644. The number of carboxylic acids is 1. The maximum absolute atomic E-state index is 11.4. The van der Waals surface area contributed by atoms with Crippen molar-refractivity contribution in [2.75, 3.05) is 13.1 Å². The normalized spacial score (nSPS) is 10.4. The summed E-state index contributed by atoms with van der Waals surface area (Å²) in [6, 6.07) is 7.77. The first kappa shape index (κ1) is 13.9. The summed E-state index contributed by atoms with van der Waals surface area (Å²) in [4.78, 5) is 24.8. The average molecular weight is 275 g/mol. The van der Waals surface area contributed by atoms with Crippen LogP contribution in [0.4, 0.5) is 4.79 Å². The molecule has 20 heavy (non-hydrogen) atoms. The van der Waals surface area contributed by atoms with Gasteiger partial charge >= 0.3 is 12.0 Å². The number of carboxylic acid groups (broad SMARTS) is 1. The van der Waals surface area contributed by atoms with E-state index in [1.165, 1.54) is 0 Å². The molecule has 1 aromatic heterocycles. The lowest BCUT2D eigenvalue weighted by Crippen LogP contribution is -2.37. The molecule has 0 saturated heterocycles. The molecule has 6 nitrogen and oxygen atoms in total. The third-order valence-electron chi connectivity index (χ3n) is 2.94. The second-order valence-electron chi connectivity index (χ2n) is 4.48. The molecule has 0 bridgehead atoms. The fourth-order valence-corrected chi connectivity index (χ4v) is 1.92. The number of amides is 2. The van der Waals surface area contributed by atoms with E-state index in [1.807, 2.05) is 24.4 Å². The molecule has 4 N–H and O–H groups in total. The van der Waals surface area contributed by atoms with E-state index in [0.717, 1.165) is 22.9 Å². The van der Waals surface area contributed by atoms with Gasteiger partial charge in [-0.1, -0.05) is 6.07 Å². The van der Waals surface area contributed by atoms with Crippen LogP contribution >= 0.6 is 0 Å². The van der Waals surface area contributed by atoms with Crippen LogP contribution in [0.15, 0.2) is 30.5 Å². The van der Waals surface area contributed by atoms with Crippen LogP contribution in [0.25, 0.3) is 10.9 Å². The number of rotatable bonds is 6. The highest BCUT2D eigenvalue weighted by atomic mass is 16.4. The van der Waals surface area contributed by atoms with Gasteiger partial charge in [-0.2, -0.15) is 0 Å². The topological polar surface area (TPSA) is 94.2 Å². The second kappa shape index (κ2) is 6.60. The van der Waals surface area contributed by atoms with Crippen molar-refractivity contribution in [2.24, 2.45) is 0 Å². The van der Waals surface area contributed by atoms with Gasteiger partial charge < -0.3 is 20.7 Å². The molecule has 0 spiro atoms. The van der Waals surface area contributed by atoms with Gasteiger partial charge in [-0.05, 0) is 35.6 Å². The molecule has 2 amide bonds. The summed E-state index contributed by atoms with van der Waals surface area (Å²) in [7, 11) is 0. The number of urea groups is 1. The Hall–Kier alpha value is -2.50. The highest BCUT2D eigenvalue weighted by Gasteiger charge is 2.02. The second-order valence-corrected chi connectivity index (χ2v) is 4.48. The van der Waals surface area contributed by atoms with Crippen LogP contribution in [-0.4, -0.2) is 35.2 Å². The van der Waals surface area contributed by atoms with E-state index in [9.17, 15) is 9.59 Å². The SMILES string of the molecule is O=C(O)CCNC(=O)NCCc1ccc2[nH]ccc2c1. The van der Waals surface area contributed by atoms with Gasteiger partial charge in [0.05, 0.1) is 6.42 Å². The first-order valence-corrected chi connectivity index (χ1v) is 6.44. The van der Waals surface area contributed by atoms with E-state index < -0.39 is 5.97 Å². The van der Waals surface area contributed by atoms with E-state index in [2.05, 4.69) is 21.7 Å². The number of aromatic nitrogens is 1. The summed E-state index contributed by atoms with van der Waals surface area (Å²) in [5.41, 5.74) is 2.23. The molecule has 0 radical (unpaired) electrons. The molecule has 2 aromatic rings. The third kappa shape index (κ3) is 4.01. The Labute approximate surface area is 116 Å². The van der Waals surface area contributed by atoms with Gasteiger partial charge in [-0.15, -0.1) is 0 Å². The Balaban J connectivity index is 1.72. The van der Waals surface area contributed by atoms with Gasteiger partial charge in [0.15, 0.2) is 0 Å². The lowest BCUT2D eigenvalue weighted by molar-refractivity contribution is -0.136. The van der Waals surface area contributed by atoms with Gasteiger partial charge in [0.2, 0.25) is 0 Å². The Kier molecular flexibility index (Phi) is 4.60.